The summed E-state index contributed by atoms with van der Waals surface area (Å²) in [6.45, 7) is 2.50. The van der Waals surface area contributed by atoms with E-state index in [9.17, 15) is 15.0 Å². The monoisotopic (exact) mass is 580 g/mol. The molecular formula is C29H35Cl3N2O4. The second-order valence-electron chi connectivity index (χ2n) is 9.53. The van der Waals surface area contributed by atoms with Gasteiger partial charge in [-0.05, 0) is 73.9 Å². The zero-order valence-electron chi connectivity index (χ0n) is 21.3. The molecule has 6 nitrogen and oxygen atoms in total. The fourth-order valence-corrected chi connectivity index (χ4v) is 4.72. The molecule has 4 rings (SSSR count). The number of halogens is 3. The van der Waals surface area contributed by atoms with E-state index in [-0.39, 0.29) is 42.5 Å². The number of carbonyl (C=O) groups is 1. The van der Waals surface area contributed by atoms with Gasteiger partial charge in [0.2, 0.25) is 0 Å². The first-order valence-electron chi connectivity index (χ1n) is 12.6. The second kappa shape index (κ2) is 15.3. The van der Waals surface area contributed by atoms with Crippen molar-refractivity contribution in [2.75, 3.05) is 6.54 Å². The SMILES string of the molecule is C[C@H](Cc1ccc(-c2ccc(C(=O)O)c(OC3CCCCC3)c2)cc1)NC[C@H](O)c1ccc(Cl)nc1.Cl.Cl. The molecule has 1 heterocycles. The van der Waals surface area contributed by atoms with Crippen molar-refractivity contribution in [3.8, 4) is 16.9 Å². The number of hydrogen-bond acceptors (Lipinski definition) is 5. The van der Waals surface area contributed by atoms with Crippen molar-refractivity contribution in [1.29, 1.82) is 0 Å². The quantitative estimate of drug-likeness (QED) is 0.225. The minimum Gasteiger partial charge on any atom is -0.490 e. The third-order valence-corrected chi connectivity index (χ3v) is 6.91. The van der Waals surface area contributed by atoms with E-state index in [0.29, 0.717) is 17.4 Å². The predicted octanol–water partition coefficient (Wildman–Crippen LogP) is 6.91. The molecule has 1 fully saturated rings. The number of aromatic nitrogens is 1. The summed E-state index contributed by atoms with van der Waals surface area (Å²) >= 11 is 5.81. The van der Waals surface area contributed by atoms with E-state index in [1.54, 1.807) is 24.4 Å². The lowest BCUT2D eigenvalue weighted by atomic mass is 9.97. The molecule has 0 bridgehead atoms. The van der Waals surface area contributed by atoms with Crippen LogP contribution in [0.15, 0.2) is 60.8 Å². The number of ether oxygens (including phenoxy) is 1. The van der Waals surface area contributed by atoms with Crippen LogP contribution in [0.25, 0.3) is 11.1 Å². The number of benzene rings is 2. The number of aliphatic hydroxyl groups excluding tert-OH is 1. The fourth-order valence-electron chi connectivity index (χ4n) is 4.61. The lowest BCUT2D eigenvalue weighted by Crippen LogP contribution is -2.32. The highest BCUT2D eigenvalue weighted by Gasteiger charge is 2.19. The van der Waals surface area contributed by atoms with Gasteiger partial charge in [0.1, 0.15) is 16.5 Å². The summed E-state index contributed by atoms with van der Waals surface area (Å²) in [6, 6.07) is 17.2. The van der Waals surface area contributed by atoms with Crippen LogP contribution in [-0.2, 0) is 6.42 Å². The van der Waals surface area contributed by atoms with E-state index in [1.807, 2.05) is 12.1 Å². The first-order chi connectivity index (χ1) is 17.4. The van der Waals surface area contributed by atoms with Crippen molar-refractivity contribution < 1.29 is 19.7 Å². The topological polar surface area (TPSA) is 91.7 Å². The minimum absolute atomic E-state index is 0. The van der Waals surface area contributed by atoms with Crippen molar-refractivity contribution in [2.45, 2.75) is 63.7 Å². The molecule has 0 saturated heterocycles. The van der Waals surface area contributed by atoms with Crippen LogP contribution in [0.4, 0.5) is 0 Å². The number of carboxylic acids is 1. The van der Waals surface area contributed by atoms with Gasteiger partial charge in [0.05, 0.1) is 12.2 Å². The molecule has 0 aliphatic heterocycles. The van der Waals surface area contributed by atoms with Crippen LogP contribution in [0.1, 0.15) is 66.6 Å². The molecule has 0 radical (unpaired) electrons. The molecule has 38 heavy (non-hydrogen) atoms. The average Bonchev–Trinajstić information content (AvgIpc) is 2.88. The van der Waals surface area contributed by atoms with Crippen molar-refractivity contribution in [2.24, 2.45) is 0 Å². The number of aromatic carboxylic acids is 1. The van der Waals surface area contributed by atoms with E-state index in [1.165, 1.54) is 12.0 Å². The minimum atomic E-state index is -0.971. The number of pyridine rings is 1. The van der Waals surface area contributed by atoms with Crippen LogP contribution in [-0.4, -0.2) is 39.9 Å². The Bertz CT molecular complexity index is 1150. The largest absolute Gasteiger partial charge is 0.490 e. The van der Waals surface area contributed by atoms with Crippen LogP contribution in [0.5, 0.6) is 5.75 Å². The predicted molar refractivity (Wildman–Crippen MR) is 156 cm³/mol. The summed E-state index contributed by atoms with van der Waals surface area (Å²) in [5, 5.41) is 23.8. The average molecular weight is 582 g/mol. The van der Waals surface area contributed by atoms with Gasteiger partial charge in [-0.1, -0.05) is 54.4 Å². The first kappa shape index (κ1) is 31.9. The van der Waals surface area contributed by atoms with Crippen LogP contribution in [0, 0.1) is 0 Å². The van der Waals surface area contributed by atoms with Gasteiger partial charge in [-0.3, -0.25) is 0 Å². The highest BCUT2D eigenvalue weighted by molar-refractivity contribution is 6.29. The summed E-state index contributed by atoms with van der Waals surface area (Å²) in [6.07, 6.45) is 7.23. The van der Waals surface area contributed by atoms with E-state index >= 15 is 0 Å². The van der Waals surface area contributed by atoms with E-state index in [0.717, 1.165) is 48.8 Å². The number of nitrogens with one attached hydrogen (secondary N) is 1. The molecule has 9 heteroatoms. The molecule has 0 amide bonds. The Hall–Kier alpha value is -2.35. The number of carboxylic acid groups (broad SMARTS) is 1. The standard InChI is InChI=1S/C29H33ClN2O4.2ClH/c1-19(31-18-26(33)23-12-14-28(30)32-17-23)15-20-7-9-21(10-8-20)22-11-13-25(29(34)35)27(16-22)36-24-5-3-2-4-6-24;;/h7-14,16-17,19,24,26,31,33H,2-6,15,18H2,1H3,(H,34,35);2*1H/t19-,26+;;/m1../s1. The highest BCUT2D eigenvalue weighted by atomic mass is 35.5. The molecule has 3 N–H and O–H groups in total. The summed E-state index contributed by atoms with van der Waals surface area (Å²) in [7, 11) is 0. The molecule has 2 atom stereocenters. The zero-order chi connectivity index (χ0) is 25.5. The molecule has 2 aromatic carbocycles. The molecule has 1 saturated carbocycles. The highest BCUT2D eigenvalue weighted by Crippen LogP contribution is 2.31. The van der Waals surface area contributed by atoms with Crippen LogP contribution < -0.4 is 10.1 Å². The van der Waals surface area contributed by atoms with Crippen LogP contribution in [0.2, 0.25) is 5.15 Å². The third-order valence-electron chi connectivity index (χ3n) is 6.68. The van der Waals surface area contributed by atoms with E-state index in [4.69, 9.17) is 16.3 Å². The maximum absolute atomic E-state index is 11.7. The van der Waals surface area contributed by atoms with Crippen LogP contribution in [0.3, 0.4) is 0 Å². The Morgan fingerprint density at radius 2 is 1.74 bits per heavy atom. The number of rotatable bonds is 10. The molecular weight excluding hydrogens is 547 g/mol. The fraction of sp³-hybridized carbons (Fsp3) is 0.379. The van der Waals surface area contributed by atoms with Gasteiger partial charge in [-0.2, -0.15) is 0 Å². The van der Waals surface area contributed by atoms with Crippen LogP contribution >= 0.6 is 36.4 Å². The van der Waals surface area contributed by atoms with E-state index < -0.39 is 12.1 Å². The summed E-state index contributed by atoms with van der Waals surface area (Å²) in [4.78, 5) is 15.8. The lowest BCUT2D eigenvalue weighted by Gasteiger charge is -2.24. The number of hydrogen-bond donors (Lipinski definition) is 3. The third kappa shape index (κ3) is 8.85. The first-order valence-corrected chi connectivity index (χ1v) is 12.9. The van der Waals surface area contributed by atoms with Gasteiger partial charge in [0, 0.05) is 24.3 Å². The zero-order valence-corrected chi connectivity index (χ0v) is 23.7. The molecule has 0 spiro atoms. The molecule has 1 aliphatic carbocycles. The van der Waals surface area contributed by atoms with Gasteiger partial charge < -0.3 is 20.3 Å². The van der Waals surface area contributed by atoms with Crippen molar-refractivity contribution in [3.63, 3.8) is 0 Å². The molecule has 1 aromatic heterocycles. The normalized spacial score (nSPS) is 15.0. The van der Waals surface area contributed by atoms with E-state index in [2.05, 4.69) is 41.5 Å². The number of nitrogens with zero attached hydrogens (tertiary/aromatic N) is 1. The molecule has 0 unspecified atom stereocenters. The summed E-state index contributed by atoms with van der Waals surface area (Å²) in [5.74, 6) is -0.523. The maximum atomic E-state index is 11.7. The molecule has 3 aromatic rings. The Labute approximate surface area is 241 Å². The summed E-state index contributed by atoms with van der Waals surface area (Å²) < 4.78 is 6.15. The molecule has 1 aliphatic rings. The Balaban J connectivity index is 0.00000253. The van der Waals surface area contributed by atoms with Crippen molar-refractivity contribution >= 4 is 42.4 Å². The Morgan fingerprint density at radius 3 is 2.37 bits per heavy atom. The maximum Gasteiger partial charge on any atom is 0.339 e. The molecule has 206 valence electrons. The second-order valence-corrected chi connectivity index (χ2v) is 9.92. The van der Waals surface area contributed by atoms with Gasteiger partial charge >= 0.3 is 5.97 Å². The van der Waals surface area contributed by atoms with Gasteiger partial charge in [0.25, 0.3) is 0 Å². The Kier molecular flexibility index (Phi) is 12.8. The van der Waals surface area contributed by atoms with Gasteiger partial charge in [0.15, 0.2) is 0 Å². The van der Waals surface area contributed by atoms with Gasteiger partial charge in [-0.15, -0.1) is 24.8 Å². The smallest absolute Gasteiger partial charge is 0.339 e. The Morgan fingerprint density at radius 1 is 1.05 bits per heavy atom. The number of aliphatic hydroxyl groups is 1. The lowest BCUT2D eigenvalue weighted by molar-refractivity contribution is 0.0686. The summed E-state index contributed by atoms with van der Waals surface area (Å²) in [5.41, 5.74) is 4.04. The van der Waals surface area contributed by atoms with Crippen molar-refractivity contribution in [1.82, 2.24) is 10.3 Å². The van der Waals surface area contributed by atoms with Crippen molar-refractivity contribution in [3.05, 3.63) is 82.6 Å². The van der Waals surface area contributed by atoms with Gasteiger partial charge in [-0.25, -0.2) is 9.78 Å².